The highest BCUT2D eigenvalue weighted by Gasteiger charge is 2.31. The molecule has 100 valence electrons. The minimum atomic E-state index is -4.67. The van der Waals surface area contributed by atoms with E-state index in [1.165, 1.54) is 12.1 Å². The Morgan fingerprint density at radius 1 is 1.26 bits per heavy atom. The lowest BCUT2D eigenvalue weighted by Gasteiger charge is -2.08. The first-order valence-corrected chi connectivity index (χ1v) is 6.56. The molecule has 0 fully saturated rings. The van der Waals surface area contributed by atoms with E-state index in [0.717, 1.165) is 28.6 Å². The standard InChI is InChI=1S/C12H9F3N2OS/c13-12(14,15)18-8-1-2-9-7(5-8)6-10(17-9)11-16-3-4-19-11/h1-2,5-6,17H,3-4H2. The first kappa shape index (κ1) is 12.4. The Morgan fingerprint density at radius 3 is 2.79 bits per heavy atom. The summed E-state index contributed by atoms with van der Waals surface area (Å²) in [7, 11) is 0. The number of H-pyrrole nitrogens is 1. The zero-order valence-electron chi connectivity index (χ0n) is 9.62. The topological polar surface area (TPSA) is 37.4 Å². The molecule has 0 spiro atoms. The summed E-state index contributed by atoms with van der Waals surface area (Å²) < 4.78 is 40.3. The minimum absolute atomic E-state index is 0.216. The summed E-state index contributed by atoms with van der Waals surface area (Å²) in [6.07, 6.45) is -4.67. The van der Waals surface area contributed by atoms with Gasteiger partial charge < -0.3 is 9.72 Å². The van der Waals surface area contributed by atoms with Crippen LogP contribution < -0.4 is 4.74 Å². The van der Waals surface area contributed by atoms with Crippen molar-refractivity contribution in [3.8, 4) is 5.75 Å². The van der Waals surface area contributed by atoms with Crippen molar-refractivity contribution in [1.82, 2.24) is 4.98 Å². The van der Waals surface area contributed by atoms with E-state index in [9.17, 15) is 13.2 Å². The van der Waals surface area contributed by atoms with Crippen LogP contribution in [0.25, 0.3) is 10.9 Å². The fraction of sp³-hybridized carbons (Fsp3) is 0.250. The molecule has 0 aliphatic carbocycles. The normalized spacial score (nSPS) is 15.8. The van der Waals surface area contributed by atoms with Crippen LogP contribution in [0.3, 0.4) is 0 Å². The maximum Gasteiger partial charge on any atom is 0.573 e. The lowest BCUT2D eigenvalue weighted by Crippen LogP contribution is -2.16. The van der Waals surface area contributed by atoms with Gasteiger partial charge in [0, 0.05) is 23.2 Å². The number of ether oxygens (including phenoxy) is 1. The summed E-state index contributed by atoms with van der Waals surface area (Å²) in [5.41, 5.74) is 1.60. The molecule has 3 nitrogen and oxygen atoms in total. The van der Waals surface area contributed by atoms with Crippen LogP contribution in [0.15, 0.2) is 29.3 Å². The molecule has 0 amide bonds. The molecule has 0 saturated carbocycles. The number of aliphatic imine (C=N–C) groups is 1. The van der Waals surface area contributed by atoms with Gasteiger partial charge in [0.2, 0.25) is 0 Å². The number of halogens is 3. The quantitative estimate of drug-likeness (QED) is 0.916. The van der Waals surface area contributed by atoms with Crippen molar-refractivity contribution in [3.05, 3.63) is 30.0 Å². The van der Waals surface area contributed by atoms with E-state index in [-0.39, 0.29) is 5.75 Å². The Labute approximate surface area is 110 Å². The minimum Gasteiger partial charge on any atom is -0.406 e. The number of alkyl halides is 3. The maximum atomic E-state index is 12.1. The Balaban J connectivity index is 1.95. The molecule has 0 atom stereocenters. The van der Waals surface area contributed by atoms with Crippen molar-refractivity contribution in [2.24, 2.45) is 4.99 Å². The van der Waals surface area contributed by atoms with E-state index in [1.807, 2.05) is 0 Å². The second-order valence-corrected chi connectivity index (χ2v) is 5.10. The third-order valence-electron chi connectivity index (χ3n) is 2.64. The molecule has 19 heavy (non-hydrogen) atoms. The van der Waals surface area contributed by atoms with Gasteiger partial charge in [0.15, 0.2) is 0 Å². The maximum absolute atomic E-state index is 12.1. The highest BCUT2D eigenvalue weighted by atomic mass is 32.2. The number of benzene rings is 1. The highest BCUT2D eigenvalue weighted by Crippen LogP contribution is 2.28. The van der Waals surface area contributed by atoms with Crippen molar-refractivity contribution in [1.29, 1.82) is 0 Å². The smallest absolute Gasteiger partial charge is 0.406 e. The third-order valence-corrected chi connectivity index (χ3v) is 3.65. The molecule has 3 rings (SSSR count). The van der Waals surface area contributed by atoms with E-state index >= 15 is 0 Å². The molecule has 0 radical (unpaired) electrons. The Morgan fingerprint density at radius 2 is 2.11 bits per heavy atom. The number of thioether (sulfide) groups is 1. The second kappa shape index (κ2) is 4.48. The number of rotatable bonds is 2. The first-order chi connectivity index (χ1) is 9.01. The van der Waals surface area contributed by atoms with Gasteiger partial charge in [-0.2, -0.15) is 0 Å². The lowest BCUT2D eigenvalue weighted by molar-refractivity contribution is -0.274. The summed E-state index contributed by atoms with van der Waals surface area (Å²) in [4.78, 5) is 7.46. The van der Waals surface area contributed by atoms with Crippen LogP contribution in [0, 0.1) is 0 Å². The van der Waals surface area contributed by atoms with Gasteiger partial charge in [-0.05, 0) is 24.3 Å². The molecular formula is C12H9F3N2OS. The van der Waals surface area contributed by atoms with Crippen molar-refractivity contribution >= 4 is 27.7 Å². The molecule has 1 aromatic carbocycles. The fourth-order valence-electron chi connectivity index (χ4n) is 1.92. The van der Waals surface area contributed by atoms with Crippen molar-refractivity contribution in [2.45, 2.75) is 6.36 Å². The average molecular weight is 286 g/mol. The molecule has 1 aliphatic heterocycles. The van der Waals surface area contributed by atoms with Crippen LogP contribution in [0.4, 0.5) is 13.2 Å². The van der Waals surface area contributed by atoms with Crippen molar-refractivity contribution in [3.63, 3.8) is 0 Å². The summed E-state index contributed by atoms with van der Waals surface area (Å²) >= 11 is 1.63. The van der Waals surface area contributed by atoms with E-state index in [1.54, 1.807) is 23.9 Å². The molecule has 7 heteroatoms. The summed E-state index contributed by atoms with van der Waals surface area (Å²) in [5, 5.41) is 1.57. The number of aromatic amines is 1. The molecule has 1 aliphatic rings. The zero-order valence-corrected chi connectivity index (χ0v) is 10.4. The molecule has 1 aromatic heterocycles. The monoisotopic (exact) mass is 286 g/mol. The van der Waals surface area contributed by atoms with E-state index < -0.39 is 6.36 Å². The van der Waals surface area contributed by atoms with E-state index in [2.05, 4.69) is 14.7 Å². The van der Waals surface area contributed by atoms with Crippen LogP contribution in [0.1, 0.15) is 5.69 Å². The van der Waals surface area contributed by atoms with Gasteiger partial charge in [0.1, 0.15) is 10.8 Å². The summed E-state index contributed by atoms with van der Waals surface area (Å²) in [5.74, 6) is 0.721. The summed E-state index contributed by atoms with van der Waals surface area (Å²) in [6.45, 7) is 0.776. The predicted molar refractivity (Wildman–Crippen MR) is 68.8 cm³/mol. The third kappa shape index (κ3) is 2.70. The fourth-order valence-corrected chi connectivity index (χ4v) is 2.75. The molecule has 0 unspecified atom stereocenters. The van der Waals surface area contributed by atoms with Gasteiger partial charge >= 0.3 is 6.36 Å². The number of hydrogen-bond acceptors (Lipinski definition) is 3. The Kier molecular flexibility index (Phi) is 2.93. The molecule has 0 bridgehead atoms. The number of aromatic nitrogens is 1. The van der Waals surface area contributed by atoms with Crippen molar-refractivity contribution in [2.75, 3.05) is 12.3 Å². The summed E-state index contributed by atoms with van der Waals surface area (Å²) in [6, 6.07) is 6.01. The number of hydrogen-bond donors (Lipinski definition) is 1. The zero-order chi connectivity index (χ0) is 13.5. The van der Waals surface area contributed by atoms with Crippen LogP contribution >= 0.6 is 11.8 Å². The SMILES string of the molecule is FC(F)(F)Oc1ccc2[nH]c(C3=NCCS3)cc2c1. The molecular weight excluding hydrogens is 277 g/mol. The number of nitrogens with one attached hydrogen (secondary N) is 1. The molecule has 0 saturated heterocycles. The van der Waals surface area contributed by atoms with Crippen LogP contribution in [0.5, 0.6) is 5.75 Å². The Hall–Kier alpha value is -1.63. The van der Waals surface area contributed by atoms with Crippen LogP contribution in [-0.2, 0) is 0 Å². The Bertz CT molecular complexity index is 648. The number of fused-ring (bicyclic) bond motifs is 1. The predicted octanol–water partition coefficient (Wildman–Crippen LogP) is 3.56. The van der Waals surface area contributed by atoms with Gasteiger partial charge in [-0.3, -0.25) is 4.99 Å². The van der Waals surface area contributed by atoms with Gasteiger partial charge in [-0.1, -0.05) is 0 Å². The molecule has 2 heterocycles. The van der Waals surface area contributed by atoms with Crippen molar-refractivity contribution < 1.29 is 17.9 Å². The second-order valence-electron chi connectivity index (χ2n) is 4.02. The highest BCUT2D eigenvalue weighted by molar-refractivity contribution is 8.14. The van der Waals surface area contributed by atoms with Gasteiger partial charge in [-0.15, -0.1) is 24.9 Å². The average Bonchev–Trinajstić information content (AvgIpc) is 2.94. The van der Waals surface area contributed by atoms with Crippen LogP contribution in [-0.4, -0.2) is 28.7 Å². The first-order valence-electron chi connectivity index (χ1n) is 5.57. The molecule has 2 aromatic rings. The number of nitrogens with zero attached hydrogens (tertiary/aromatic N) is 1. The van der Waals surface area contributed by atoms with Gasteiger partial charge in [0.25, 0.3) is 0 Å². The van der Waals surface area contributed by atoms with E-state index in [0.29, 0.717) is 5.39 Å². The van der Waals surface area contributed by atoms with Gasteiger partial charge in [0.05, 0.1) is 5.69 Å². The van der Waals surface area contributed by atoms with Gasteiger partial charge in [-0.25, -0.2) is 0 Å². The molecule has 1 N–H and O–H groups in total. The van der Waals surface area contributed by atoms with Crippen LogP contribution in [0.2, 0.25) is 0 Å². The lowest BCUT2D eigenvalue weighted by atomic mass is 10.2. The van der Waals surface area contributed by atoms with E-state index in [4.69, 9.17) is 0 Å². The largest absolute Gasteiger partial charge is 0.573 e.